The van der Waals surface area contributed by atoms with E-state index in [0.717, 1.165) is 62.2 Å². The Labute approximate surface area is 257 Å². The lowest BCUT2D eigenvalue weighted by atomic mass is 9.75. The van der Waals surface area contributed by atoms with Gasteiger partial charge in [-0.15, -0.1) is 0 Å². The highest BCUT2D eigenvalue weighted by atomic mass is 15.3. The van der Waals surface area contributed by atoms with Crippen LogP contribution >= 0.6 is 0 Å². The molecule has 6 heteroatoms. The van der Waals surface area contributed by atoms with E-state index in [4.69, 9.17) is 20.2 Å². The largest absolute Gasteiger partial charge is 0.232 e. The lowest BCUT2D eigenvalue weighted by molar-refractivity contribution is 0.631. The summed E-state index contributed by atoms with van der Waals surface area (Å²) in [4.78, 5) is 10.8. The highest BCUT2D eigenvalue weighted by Gasteiger charge is 2.36. The van der Waals surface area contributed by atoms with Gasteiger partial charge in [-0.3, -0.25) is 0 Å². The number of hydrogen-bond donors (Lipinski definition) is 0. The molecular weight excluding hydrogens is 540 g/mol. The summed E-state index contributed by atoms with van der Waals surface area (Å²) in [6.45, 7) is 6.19. The molecule has 6 nitrogen and oxygen atoms in total. The van der Waals surface area contributed by atoms with Crippen molar-refractivity contribution in [1.82, 2.24) is 29.5 Å². The Bertz CT molecular complexity index is 1920. The van der Waals surface area contributed by atoms with Crippen LogP contribution in [0.2, 0.25) is 0 Å². The average molecular weight is 573 g/mol. The Balaban J connectivity index is 1.48. The fourth-order valence-electron chi connectivity index (χ4n) is 5.75. The second-order valence-electron chi connectivity index (χ2n) is 11.2. The quantitative estimate of drug-likeness (QED) is 0.193. The van der Waals surface area contributed by atoms with Crippen molar-refractivity contribution in [3.05, 3.63) is 168 Å². The van der Waals surface area contributed by atoms with E-state index in [1.54, 1.807) is 0 Å². The van der Waals surface area contributed by atoms with Gasteiger partial charge in [0, 0.05) is 23.5 Å². The van der Waals surface area contributed by atoms with Crippen LogP contribution in [0.25, 0.3) is 33.9 Å². The molecule has 7 aromatic rings. The normalized spacial score (nSPS) is 11.5. The molecule has 0 N–H and O–H groups in total. The van der Waals surface area contributed by atoms with Gasteiger partial charge in [0.15, 0.2) is 11.6 Å². The maximum Gasteiger partial charge on any atom is 0.161 e. The molecule has 4 aromatic heterocycles. The van der Waals surface area contributed by atoms with E-state index in [2.05, 4.69) is 79.7 Å². The summed E-state index contributed by atoms with van der Waals surface area (Å²) in [5.74, 6) is 1.54. The van der Waals surface area contributed by atoms with Crippen LogP contribution in [0.1, 0.15) is 35.3 Å². The third-order valence-electron chi connectivity index (χ3n) is 8.17. The van der Waals surface area contributed by atoms with Crippen LogP contribution < -0.4 is 0 Å². The molecule has 0 unspecified atom stereocenters. The SMILES string of the molecule is Cc1ccn(-c2nc(C(C)(c3ccccc3)c3ccc(-c4ccccc4)c(-n4ccc(C)n4)n3)ccc2-c2ccccc2)n1. The Morgan fingerprint density at radius 1 is 0.477 bits per heavy atom. The molecule has 214 valence electrons. The van der Waals surface area contributed by atoms with Crippen molar-refractivity contribution in [2.75, 3.05) is 0 Å². The van der Waals surface area contributed by atoms with Gasteiger partial charge >= 0.3 is 0 Å². The molecule has 0 bridgehead atoms. The standard InChI is InChI=1S/C38H32N6/c1-27-23-25-43(41-27)36-32(29-13-7-4-8-14-29)19-21-34(39-36)38(3,31-17-11-6-12-18-31)35-22-20-33(30-15-9-5-10-16-30)37(40-35)44-26-24-28(2)42-44/h4-26H,1-3H3. The minimum atomic E-state index is -0.695. The fraction of sp³-hybridized carbons (Fsp3) is 0.105. The fourth-order valence-corrected chi connectivity index (χ4v) is 5.75. The first-order chi connectivity index (χ1) is 21.5. The number of pyridine rings is 2. The zero-order valence-electron chi connectivity index (χ0n) is 25.0. The molecular formula is C38H32N6. The Hall–Kier alpha value is -5.62. The molecule has 3 aromatic carbocycles. The van der Waals surface area contributed by atoms with Gasteiger partial charge < -0.3 is 0 Å². The van der Waals surface area contributed by atoms with Crippen LogP contribution in [0.15, 0.2) is 140 Å². The minimum absolute atomic E-state index is 0.695. The lowest BCUT2D eigenvalue weighted by Gasteiger charge is -2.31. The maximum absolute atomic E-state index is 5.38. The van der Waals surface area contributed by atoms with Crippen LogP contribution in [0.3, 0.4) is 0 Å². The van der Waals surface area contributed by atoms with Crippen molar-refractivity contribution < 1.29 is 0 Å². The van der Waals surface area contributed by atoms with Crippen molar-refractivity contribution in [2.24, 2.45) is 0 Å². The third kappa shape index (κ3) is 4.90. The van der Waals surface area contributed by atoms with Crippen LogP contribution in [-0.4, -0.2) is 29.5 Å². The first kappa shape index (κ1) is 27.2. The molecule has 0 atom stereocenters. The van der Waals surface area contributed by atoms with Crippen LogP contribution in [0.5, 0.6) is 0 Å². The number of aromatic nitrogens is 6. The Morgan fingerprint density at radius 2 is 0.886 bits per heavy atom. The van der Waals surface area contributed by atoms with Gasteiger partial charge in [0.05, 0.1) is 28.2 Å². The highest BCUT2D eigenvalue weighted by Crippen LogP contribution is 2.40. The molecule has 0 aliphatic heterocycles. The average Bonchev–Trinajstić information content (AvgIpc) is 3.73. The number of rotatable bonds is 7. The Morgan fingerprint density at radius 3 is 1.27 bits per heavy atom. The zero-order valence-corrected chi connectivity index (χ0v) is 25.0. The first-order valence-corrected chi connectivity index (χ1v) is 14.8. The minimum Gasteiger partial charge on any atom is -0.232 e. The van der Waals surface area contributed by atoms with Gasteiger partial charge in [0.1, 0.15) is 0 Å². The highest BCUT2D eigenvalue weighted by molar-refractivity contribution is 5.73. The van der Waals surface area contributed by atoms with Crippen molar-refractivity contribution in [3.63, 3.8) is 0 Å². The van der Waals surface area contributed by atoms with Gasteiger partial charge in [0.25, 0.3) is 0 Å². The second kappa shape index (κ2) is 11.2. The van der Waals surface area contributed by atoms with E-state index in [1.165, 1.54) is 0 Å². The van der Waals surface area contributed by atoms with E-state index in [0.29, 0.717) is 0 Å². The first-order valence-electron chi connectivity index (χ1n) is 14.8. The third-order valence-corrected chi connectivity index (χ3v) is 8.17. The molecule has 0 saturated heterocycles. The summed E-state index contributed by atoms with van der Waals surface area (Å²) in [7, 11) is 0. The molecule has 7 rings (SSSR count). The van der Waals surface area contributed by atoms with Crippen LogP contribution in [-0.2, 0) is 5.41 Å². The predicted octanol–water partition coefficient (Wildman–Crippen LogP) is 8.15. The van der Waals surface area contributed by atoms with Crippen molar-refractivity contribution in [3.8, 4) is 33.9 Å². The van der Waals surface area contributed by atoms with E-state index in [9.17, 15) is 0 Å². The molecule has 0 fully saturated rings. The number of nitrogens with zero attached hydrogens (tertiary/aromatic N) is 6. The predicted molar refractivity (Wildman–Crippen MR) is 175 cm³/mol. The molecule has 44 heavy (non-hydrogen) atoms. The number of aryl methyl sites for hydroxylation is 2. The molecule has 4 heterocycles. The van der Waals surface area contributed by atoms with Gasteiger partial charge in [-0.25, -0.2) is 19.3 Å². The van der Waals surface area contributed by atoms with Gasteiger partial charge in [-0.1, -0.05) is 91.0 Å². The summed E-state index contributed by atoms with van der Waals surface area (Å²) < 4.78 is 3.74. The topological polar surface area (TPSA) is 61.4 Å². The summed E-state index contributed by atoms with van der Waals surface area (Å²) in [5, 5.41) is 9.53. The monoisotopic (exact) mass is 572 g/mol. The van der Waals surface area contributed by atoms with Crippen molar-refractivity contribution in [1.29, 1.82) is 0 Å². The zero-order chi connectivity index (χ0) is 30.1. The Kier molecular flexibility index (Phi) is 6.95. The molecule has 0 aliphatic carbocycles. The molecule has 0 aliphatic rings. The summed E-state index contributed by atoms with van der Waals surface area (Å²) in [6.07, 6.45) is 3.94. The van der Waals surface area contributed by atoms with Gasteiger partial charge in [-0.05, 0) is 73.9 Å². The van der Waals surface area contributed by atoms with Gasteiger partial charge in [-0.2, -0.15) is 10.2 Å². The summed E-state index contributed by atoms with van der Waals surface area (Å²) in [5.41, 5.74) is 8.17. The molecule has 0 saturated carbocycles. The summed E-state index contributed by atoms with van der Waals surface area (Å²) >= 11 is 0. The van der Waals surface area contributed by atoms with Crippen LogP contribution in [0, 0.1) is 13.8 Å². The van der Waals surface area contributed by atoms with E-state index in [-0.39, 0.29) is 0 Å². The number of hydrogen-bond acceptors (Lipinski definition) is 4. The van der Waals surface area contributed by atoms with E-state index < -0.39 is 5.41 Å². The second-order valence-corrected chi connectivity index (χ2v) is 11.2. The molecule has 0 amide bonds. The molecule has 0 radical (unpaired) electrons. The van der Waals surface area contributed by atoms with Gasteiger partial charge in [0.2, 0.25) is 0 Å². The van der Waals surface area contributed by atoms with Crippen molar-refractivity contribution >= 4 is 0 Å². The lowest BCUT2D eigenvalue weighted by Crippen LogP contribution is -2.29. The number of benzene rings is 3. The van der Waals surface area contributed by atoms with E-state index in [1.807, 2.05) is 90.2 Å². The maximum atomic E-state index is 5.38. The van der Waals surface area contributed by atoms with Crippen molar-refractivity contribution in [2.45, 2.75) is 26.2 Å². The van der Waals surface area contributed by atoms with Crippen LogP contribution in [0.4, 0.5) is 0 Å². The summed E-state index contributed by atoms with van der Waals surface area (Å²) in [6, 6.07) is 43.7. The smallest absolute Gasteiger partial charge is 0.161 e. The molecule has 0 spiro atoms. The van der Waals surface area contributed by atoms with E-state index >= 15 is 0 Å².